The first kappa shape index (κ1) is 19.6. The number of likely N-dealkylation sites (tertiary alicyclic amines) is 1. The Bertz CT molecular complexity index is 1250. The van der Waals surface area contributed by atoms with Crippen molar-refractivity contribution in [3.8, 4) is 5.75 Å². The predicted molar refractivity (Wildman–Crippen MR) is 119 cm³/mol. The number of carbonyl (C=O) groups excluding carboxylic acids is 2. The highest BCUT2D eigenvalue weighted by atomic mass is 32.1. The van der Waals surface area contributed by atoms with E-state index in [1.807, 2.05) is 36.4 Å². The summed E-state index contributed by atoms with van der Waals surface area (Å²) in [6.45, 7) is 0.570. The molecule has 5 rings (SSSR count). The zero-order chi connectivity index (χ0) is 21.4. The first-order valence-corrected chi connectivity index (χ1v) is 10.9. The lowest BCUT2D eigenvalue weighted by molar-refractivity contribution is -0.136. The van der Waals surface area contributed by atoms with Crippen molar-refractivity contribution in [3.63, 3.8) is 0 Å². The van der Waals surface area contributed by atoms with Crippen LogP contribution in [0.1, 0.15) is 18.4 Å². The van der Waals surface area contributed by atoms with E-state index in [9.17, 15) is 9.59 Å². The number of thiazole rings is 1. The number of anilines is 1. The molecule has 0 bridgehead atoms. The molecule has 1 unspecified atom stereocenters. The van der Waals surface area contributed by atoms with Gasteiger partial charge in [-0.05, 0) is 37.1 Å². The molecule has 1 fully saturated rings. The average Bonchev–Trinajstić information content (AvgIpc) is 3.51. The molecule has 0 spiro atoms. The maximum atomic E-state index is 13.1. The van der Waals surface area contributed by atoms with E-state index in [0.29, 0.717) is 29.4 Å². The Labute approximate surface area is 182 Å². The molecule has 2 amide bonds. The molecule has 1 aliphatic rings. The van der Waals surface area contributed by atoms with Gasteiger partial charge >= 0.3 is 0 Å². The maximum absolute atomic E-state index is 13.1. The van der Waals surface area contributed by atoms with Crippen LogP contribution in [0.2, 0.25) is 0 Å². The van der Waals surface area contributed by atoms with Gasteiger partial charge in [0.05, 0.1) is 30.0 Å². The van der Waals surface area contributed by atoms with Crippen LogP contribution in [0, 0.1) is 0 Å². The highest BCUT2D eigenvalue weighted by molar-refractivity contribution is 7.22. The van der Waals surface area contributed by atoms with Crippen molar-refractivity contribution in [1.82, 2.24) is 9.88 Å². The zero-order valence-corrected chi connectivity index (χ0v) is 17.8. The fourth-order valence-electron chi connectivity index (χ4n) is 4.04. The number of hydrogen-bond donors (Lipinski definition) is 1. The molecular weight excluding hydrogens is 414 g/mol. The molecule has 0 saturated carbocycles. The first-order valence-electron chi connectivity index (χ1n) is 10.1. The summed E-state index contributed by atoms with van der Waals surface area (Å²) in [5.74, 6) is 0.429. The molecule has 1 atom stereocenters. The molecule has 31 heavy (non-hydrogen) atoms. The highest BCUT2D eigenvalue weighted by Gasteiger charge is 2.34. The summed E-state index contributed by atoms with van der Waals surface area (Å²) in [6.07, 6.45) is 3.23. The third kappa shape index (κ3) is 3.74. The van der Waals surface area contributed by atoms with Gasteiger partial charge in [-0.15, -0.1) is 0 Å². The molecular formula is C23H21N3O4S. The van der Waals surface area contributed by atoms with Gasteiger partial charge in [-0.1, -0.05) is 23.5 Å². The lowest BCUT2D eigenvalue weighted by Gasteiger charge is -2.23. The number of furan rings is 1. The van der Waals surface area contributed by atoms with Crippen LogP contribution in [0.5, 0.6) is 5.75 Å². The third-order valence-corrected chi connectivity index (χ3v) is 6.56. The highest BCUT2D eigenvalue weighted by Crippen LogP contribution is 2.29. The van der Waals surface area contributed by atoms with Crippen molar-refractivity contribution in [3.05, 3.63) is 54.3 Å². The molecule has 1 saturated heterocycles. The molecule has 0 aliphatic carbocycles. The van der Waals surface area contributed by atoms with Gasteiger partial charge in [0, 0.05) is 23.6 Å². The summed E-state index contributed by atoms with van der Waals surface area (Å²) in [5.41, 5.74) is 2.33. The molecule has 1 aliphatic heterocycles. The van der Waals surface area contributed by atoms with E-state index >= 15 is 0 Å². The average molecular weight is 436 g/mol. The summed E-state index contributed by atoms with van der Waals surface area (Å²) < 4.78 is 11.8. The van der Waals surface area contributed by atoms with Crippen molar-refractivity contribution in [2.45, 2.75) is 25.3 Å². The van der Waals surface area contributed by atoms with Crippen LogP contribution >= 0.6 is 11.3 Å². The second kappa shape index (κ2) is 8.03. The smallest absolute Gasteiger partial charge is 0.248 e. The summed E-state index contributed by atoms with van der Waals surface area (Å²) in [5, 5.41) is 4.34. The van der Waals surface area contributed by atoms with Gasteiger partial charge in [-0.3, -0.25) is 9.59 Å². The number of carbonyl (C=O) groups is 2. The summed E-state index contributed by atoms with van der Waals surface area (Å²) in [4.78, 5) is 32.1. The molecule has 8 heteroatoms. The lowest BCUT2D eigenvalue weighted by atomic mass is 10.1. The third-order valence-electron chi connectivity index (χ3n) is 5.60. The Balaban J connectivity index is 1.30. The van der Waals surface area contributed by atoms with E-state index in [4.69, 9.17) is 9.15 Å². The van der Waals surface area contributed by atoms with Crippen LogP contribution in [-0.4, -0.2) is 41.4 Å². The van der Waals surface area contributed by atoms with Crippen molar-refractivity contribution in [2.75, 3.05) is 19.0 Å². The van der Waals surface area contributed by atoms with E-state index in [1.54, 1.807) is 24.3 Å². The van der Waals surface area contributed by atoms with Gasteiger partial charge in [0.1, 0.15) is 17.4 Å². The maximum Gasteiger partial charge on any atom is 0.248 e. The molecule has 158 valence electrons. The second-order valence-corrected chi connectivity index (χ2v) is 8.55. The van der Waals surface area contributed by atoms with Crippen LogP contribution in [0.15, 0.2) is 53.1 Å². The predicted octanol–water partition coefficient (Wildman–Crippen LogP) is 4.22. The Kier molecular flexibility index (Phi) is 5.07. The number of para-hydroxylation sites is 1. The zero-order valence-electron chi connectivity index (χ0n) is 17.0. The van der Waals surface area contributed by atoms with Crippen molar-refractivity contribution >= 4 is 49.5 Å². The normalized spacial score (nSPS) is 16.2. The number of hydrogen-bond acceptors (Lipinski definition) is 6. The summed E-state index contributed by atoms with van der Waals surface area (Å²) in [7, 11) is 1.60. The minimum atomic E-state index is -0.488. The first-order chi connectivity index (χ1) is 15.1. The fourth-order valence-corrected chi connectivity index (χ4v) is 4.91. The SMILES string of the molecule is COc1ccc2c(CC(=O)N3CCCC3C(=O)Nc3nc4ccccc4s3)coc2c1. The Hall–Kier alpha value is -3.39. The molecule has 4 aromatic rings. The van der Waals surface area contributed by atoms with Crippen molar-refractivity contribution < 1.29 is 18.7 Å². The number of nitrogens with one attached hydrogen (secondary N) is 1. The molecule has 0 radical (unpaired) electrons. The van der Waals surface area contributed by atoms with Crippen molar-refractivity contribution in [2.24, 2.45) is 0 Å². The second-order valence-electron chi connectivity index (χ2n) is 7.52. The minimum absolute atomic E-state index is 0.0829. The Morgan fingerprint density at radius 2 is 2.16 bits per heavy atom. The van der Waals surface area contributed by atoms with Gasteiger partial charge in [-0.2, -0.15) is 0 Å². The van der Waals surface area contributed by atoms with E-state index in [-0.39, 0.29) is 18.2 Å². The summed E-state index contributed by atoms with van der Waals surface area (Å²) in [6, 6.07) is 12.8. The van der Waals surface area contributed by atoms with Crippen LogP contribution in [0.3, 0.4) is 0 Å². The largest absolute Gasteiger partial charge is 0.497 e. The van der Waals surface area contributed by atoms with Gasteiger partial charge in [0.25, 0.3) is 0 Å². The van der Waals surface area contributed by atoms with Crippen LogP contribution in [-0.2, 0) is 16.0 Å². The fraction of sp³-hybridized carbons (Fsp3) is 0.261. The number of rotatable bonds is 5. The van der Waals surface area contributed by atoms with Gasteiger partial charge in [-0.25, -0.2) is 4.98 Å². The number of methoxy groups -OCH3 is 1. The number of ether oxygens (including phenoxy) is 1. The van der Waals surface area contributed by atoms with Crippen LogP contribution in [0.25, 0.3) is 21.2 Å². The molecule has 3 heterocycles. The number of nitrogens with zero attached hydrogens (tertiary/aromatic N) is 2. The van der Waals surface area contributed by atoms with Crippen LogP contribution in [0.4, 0.5) is 5.13 Å². The van der Waals surface area contributed by atoms with E-state index in [0.717, 1.165) is 27.6 Å². The topological polar surface area (TPSA) is 84.7 Å². The Morgan fingerprint density at radius 3 is 3.00 bits per heavy atom. The van der Waals surface area contributed by atoms with E-state index in [2.05, 4.69) is 10.3 Å². The van der Waals surface area contributed by atoms with Gasteiger partial charge in [0.15, 0.2) is 5.13 Å². The molecule has 7 nitrogen and oxygen atoms in total. The molecule has 1 N–H and O–H groups in total. The lowest BCUT2D eigenvalue weighted by Crippen LogP contribution is -2.43. The number of benzene rings is 2. The standard InChI is InChI=1S/C23H21N3O4S/c1-29-15-8-9-16-14(13-30-19(16)12-15)11-21(27)26-10-4-6-18(26)22(28)25-23-24-17-5-2-3-7-20(17)31-23/h2-3,5,7-9,12-13,18H,4,6,10-11H2,1H3,(H,24,25,28). The van der Waals surface area contributed by atoms with Gasteiger partial charge < -0.3 is 19.4 Å². The molecule has 2 aromatic carbocycles. The number of fused-ring (bicyclic) bond motifs is 2. The monoisotopic (exact) mass is 435 g/mol. The molecule has 2 aromatic heterocycles. The van der Waals surface area contributed by atoms with E-state index < -0.39 is 6.04 Å². The van der Waals surface area contributed by atoms with Gasteiger partial charge in [0.2, 0.25) is 11.8 Å². The van der Waals surface area contributed by atoms with Crippen molar-refractivity contribution in [1.29, 1.82) is 0 Å². The van der Waals surface area contributed by atoms with E-state index in [1.165, 1.54) is 11.3 Å². The minimum Gasteiger partial charge on any atom is -0.497 e. The summed E-state index contributed by atoms with van der Waals surface area (Å²) >= 11 is 1.43. The van der Waals surface area contributed by atoms with Crippen LogP contribution < -0.4 is 10.1 Å². The number of amides is 2. The quantitative estimate of drug-likeness (QED) is 0.507. The number of aromatic nitrogens is 1. The Morgan fingerprint density at radius 1 is 1.29 bits per heavy atom.